The van der Waals surface area contributed by atoms with Crippen LogP contribution in [0.4, 0.5) is 0 Å². The molecule has 0 radical (unpaired) electrons. The van der Waals surface area contributed by atoms with Crippen LogP contribution in [0.25, 0.3) is 28.4 Å². The Labute approximate surface area is 198 Å². The van der Waals surface area contributed by atoms with E-state index in [1.54, 1.807) is 20.1 Å². The van der Waals surface area contributed by atoms with Gasteiger partial charge in [-0.25, -0.2) is 9.78 Å². The lowest BCUT2D eigenvalue weighted by molar-refractivity contribution is -0.142. The molecule has 0 saturated heterocycles. The zero-order valence-corrected chi connectivity index (χ0v) is 19.8. The average Bonchev–Trinajstić information content (AvgIpc) is 3.42. The van der Waals surface area contributed by atoms with Gasteiger partial charge < -0.3 is 23.2 Å². The molecule has 176 valence electrons. The number of aryl methyl sites for hydroxylation is 1. The normalized spacial score (nSPS) is 11.6. The van der Waals surface area contributed by atoms with E-state index in [0.717, 1.165) is 39.2 Å². The quantitative estimate of drug-likeness (QED) is 0.184. The molecule has 0 spiro atoms. The number of oxazole rings is 1. The molecule has 34 heavy (non-hydrogen) atoms. The largest absolute Gasteiger partial charge is 0.496 e. The Morgan fingerprint density at radius 3 is 2.65 bits per heavy atom. The van der Waals surface area contributed by atoms with Crippen LogP contribution in [0.2, 0.25) is 0 Å². The molecule has 2 aromatic heterocycles. The highest BCUT2D eigenvalue weighted by Crippen LogP contribution is 2.31. The summed E-state index contributed by atoms with van der Waals surface area (Å²) in [6.07, 6.45) is 3.73. The predicted molar refractivity (Wildman–Crippen MR) is 131 cm³/mol. The molecule has 4 aromatic rings. The van der Waals surface area contributed by atoms with Gasteiger partial charge in [-0.3, -0.25) is 0 Å². The number of hydrogen-bond donors (Lipinski definition) is 0. The van der Waals surface area contributed by atoms with Crippen LogP contribution in [0.15, 0.2) is 64.9 Å². The zero-order chi connectivity index (χ0) is 24.1. The van der Waals surface area contributed by atoms with Gasteiger partial charge in [0.25, 0.3) is 0 Å². The second-order valence-electron chi connectivity index (χ2n) is 7.65. The highest BCUT2D eigenvalue weighted by molar-refractivity contribution is 5.92. The molecule has 4 rings (SSSR count). The molecular formula is C27H28N2O5. The summed E-state index contributed by atoms with van der Waals surface area (Å²) in [5.41, 5.74) is 3.58. The minimum Gasteiger partial charge on any atom is -0.496 e. The van der Waals surface area contributed by atoms with Crippen molar-refractivity contribution in [2.75, 3.05) is 20.3 Å². The number of esters is 1. The van der Waals surface area contributed by atoms with E-state index in [1.165, 1.54) is 0 Å². The van der Waals surface area contributed by atoms with Crippen molar-refractivity contribution in [3.63, 3.8) is 0 Å². The molecule has 0 saturated carbocycles. The van der Waals surface area contributed by atoms with Crippen LogP contribution < -0.4 is 4.74 Å². The summed E-state index contributed by atoms with van der Waals surface area (Å²) in [7, 11) is 1.63. The predicted octanol–water partition coefficient (Wildman–Crippen LogP) is 5.60. The number of hydrogen-bond acceptors (Lipinski definition) is 6. The Morgan fingerprint density at radius 1 is 1.09 bits per heavy atom. The smallest absolute Gasteiger partial charge is 0.373 e. The molecule has 2 aromatic carbocycles. The minimum absolute atomic E-state index is 0.199. The number of ether oxygens (including phenoxy) is 3. The SMILES string of the molecule is CCOC(=O)/C(=C\c1ccc2c(ccn2Cc2nc(-c3ccccc3OC)oc2C)c1)OCC. The van der Waals surface area contributed by atoms with Crippen LogP contribution in [0.3, 0.4) is 0 Å². The molecule has 0 bridgehead atoms. The van der Waals surface area contributed by atoms with Gasteiger partial charge in [0.05, 0.1) is 32.4 Å². The van der Waals surface area contributed by atoms with Gasteiger partial charge in [0, 0.05) is 17.1 Å². The van der Waals surface area contributed by atoms with Crippen molar-refractivity contribution in [2.24, 2.45) is 0 Å². The molecule has 0 fully saturated rings. The second-order valence-corrected chi connectivity index (χ2v) is 7.65. The van der Waals surface area contributed by atoms with Crippen molar-refractivity contribution in [1.29, 1.82) is 0 Å². The molecule has 0 aliphatic heterocycles. The first-order valence-corrected chi connectivity index (χ1v) is 11.2. The van der Waals surface area contributed by atoms with Crippen LogP contribution in [0.1, 0.15) is 30.9 Å². The first kappa shape index (κ1) is 23.2. The average molecular weight is 461 g/mol. The van der Waals surface area contributed by atoms with Gasteiger partial charge >= 0.3 is 5.97 Å². The van der Waals surface area contributed by atoms with E-state index >= 15 is 0 Å². The number of fused-ring (bicyclic) bond motifs is 1. The summed E-state index contributed by atoms with van der Waals surface area (Å²) in [6.45, 7) is 6.77. The highest BCUT2D eigenvalue weighted by Gasteiger charge is 2.16. The minimum atomic E-state index is -0.464. The molecule has 2 heterocycles. The lowest BCUT2D eigenvalue weighted by Crippen LogP contribution is -2.10. The number of carbonyl (C=O) groups excluding carboxylic acids is 1. The number of aromatic nitrogens is 2. The number of para-hydroxylation sites is 1. The Hall–Kier alpha value is -4.00. The molecule has 0 N–H and O–H groups in total. The van der Waals surface area contributed by atoms with E-state index in [9.17, 15) is 4.79 Å². The Bertz CT molecular complexity index is 1330. The van der Waals surface area contributed by atoms with E-state index in [4.69, 9.17) is 23.6 Å². The van der Waals surface area contributed by atoms with Gasteiger partial charge in [0.15, 0.2) is 0 Å². The molecule has 0 unspecified atom stereocenters. The Kier molecular flexibility index (Phi) is 7.01. The summed E-state index contributed by atoms with van der Waals surface area (Å²) in [5, 5.41) is 1.04. The Balaban J connectivity index is 1.60. The van der Waals surface area contributed by atoms with Gasteiger partial charge in [-0.15, -0.1) is 0 Å². The summed E-state index contributed by atoms with van der Waals surface area (Å²) < 4.78 is 24.1. The highest BCUT2D eigenvalue weighted by atomic mass is 16.6. The maximum absolute atomic E-state index is 12.1. The van der Waals surface area contributed by atoms with Crippen LogP contribution >= 0.6 is 0 Å². The van der Waals surface area contributed by atoms with Crippen molar-refractivity contribution in [3.8, 4) is 17.2 Å². The third-order valence-corrected chi connectivity index (χ3v) is 5.42. The fourth-order valence-corrected chi connectivity index (χ4v) is 3.79. The summed E-state index contributed by atoms with van der Waals surface area (Å²) in [4.78, 5) is 16.9. The van der Waals surface area contributed by atoms with E-state index in [2.05, 4.69) is 4.57 Å². The van der Waals surface area contributed by atoms with Gasteiger partial charge in [0.1, 0.15) is 17.2 Å². The van der Waals surface area contributed by atoms with E-state index in [1.807, 2.05) is 68.6 Å². The van der Waals surface area contributed by atoms with Crippen LogP contribution in [0.5, 0.6) is 5.75 Å². The number of carbonyl (C=O) groups is 1. The van der Waals surface area contributed by atoms with Crippen LogP contribution in [-0.4, -0.2) is 35.8 Å². The fraction of sp³-hybridized carbons (Fsp3) is 0.259. The van der Waals surface area contributed by atoms with Gasteiger partial charge in [0.2, 0.25) is 11.6 Å². The summed E-state index contributed by atoms with van der Waals surface area (Å²) >= 11 is 0. The second kappa shape index (κ2) is 10.3. The van der Waals surface area contributed by atoms with Crippen LogP contribution in [0, 0.1) is 6.92 Å². The number of rotatable bonds is 9. The monoisotopic (exact) mass is 460 g/mol. The lowest BCUT2D eigenvalue weighted by atomic mass is 10.1. The number of nitrogens with zero attached hydrogens (tertiary/aromatic N) is 2. The first-order valence-electron chi connectivity index (χ1n) is 11.2. The van der Waals surface area contributed by atoms with E-state index in [-0.39, 0.29) is 5.76 Å². The van der Waals surface area contributed by atoms with Gasteiger partial charge in [-0.05, 0) is 62.7 Å². The molecule has 0 aliphatic carbocycles. The van der Waals surface area contributed by atoms with Crippen LogP contribution in [-0.2, 0) is 20.8 Å². The Morgan fingerprint density at radius 2 is 1.88 bits per heavy atom. The molecule has 0 atom stereocenters. The van der Waals surface area contributed by atoms with Crippen molar-refractivity contribution in [1.82, 2.24) is 9.55 Å². The van der Waals surface area contributed by atoms with Crippen molar-refractivity contribution in [3.05, 3.63) is 77.5 Å². The lowest BCUT2D eigenvalue weighted by Gasteiger charge is -2.08. The van der Waals surface area contributed by atoms with Gasteiger partial charge in [-0.1, -0.05) is 18.2 Å². The van der Waals surface area contributed by atoms with Gasteiger partial charge in [-0.2, -0.15) is 0 Å². The maximum atomic E-state index is 12.1. The summed E-state index contributed by atoms with van der Waals surface area (Å²) in [5.74, 6) is 1.76. The fourth-order valence-electron chi connectivity index (χ4n) is 3.79. The third kappa shape index (κ3) is 4.83. The standard InChI is InChI=1S/C27H28N2O5/c1-5-32-25(27(30)33-6-2)16-19-11-12-23-20(15-19)13-14-29(23)17-22-18(3)34-26(28-22)21-9-7-8-10-24(21)31-4/h7-16H,5-6,17H2,1-4H3/b25-16+. The van der Waals surface area contributed by atoms with Crippen molar-refractivity contribution in [2.45, 2.75) is 27.3 Å². The molecule has 0 amide bonds. The molecular weight excluding hydrogens is 432 g/mol. The van der Waals surface area contributed by atoms with Crippen molar-refractivity contribution >= 4 is 22.9 Å². The maximum Gasteiger partial charge on any atom is 0.373 e. The third-order valence-electron chi connectivity index (χ3n) is 5.42. The molecule has 7 nitrogen and oxygen atoms in total. The van der Waals surface area contributed by atoms with Crippen molar-refractivity contribution < 1.29 is 23.4 Å². The molecule has 0 aliphatic rings. The zero-order valence-electron chi connectivity index (χ0n) is 19.8. The summed E-state index contributed by atoms with van der Waals surface area (Å²) in [6, 6.07) is 15.7. The van der Waals surface area contributed by atoms with E-state index < -0.39 is 5.97 Å². The molecule has 7 heteroatoms. The number of methoxy groups -OCH3 is 1. The first-order chi connectivity index (χ1) is 16.5. The number of benzene rings is 2. The van der Waals surface area contributed by atoms with E-state index in [0.29, 0.717) is 25.6 Å². The topological polar surface area (TPSA) is 75.7 Å².